The number of hydrogen-bond acceptors (Lipinski definition) is 6. The summed E-state index contributed by atoms with van der Waals surface area (Å²) in [6.45, 7) is 1.99. The lowest BCUT2D eigenvalue weighted by molar-refractivity contribution is -0.141. The predicted octanol–water partition coefficient (Wildman–Crippen LogP) is 2.31. The Morgan fingerprint density at radius 3 is 2.77 bits per heavy atom. The van der Waals surface area contributed by atoms with E-state index in [1.54, 1.807) is 12.3 Å². The molecule has 5 rings (SSSR count). The Balaban J connectivity index is 1.50. The predicted molar refractivity (Wildman–Crippen MR) is 101 cm³/mol. The summed E-state index contributed by atoms with van der Waals surface area (Å²) in [4.78, 5) is 30.8. The van der Waals surface area contributed by atoms with Gasteiger partial charge in [0.05, 0.1) is 17.8 Å². The molecule has 156 valence electrons. The van der Waals surface area contributed by atoms with Gasteiger partial charge in [-0.15, -0.1) is 0 Å². The van der Waals surface area contributed by atoms with Gasteiger partial charge in [0.25, 0.3) is 0 Å². The lowest BCUT2D eigenvalue weighted by Crippen LogP contribution is -2.47. The number of halogens is 3. The summed E-state index contributed by atoms with van der Waals surface area (Å²) < 4.78 is 40.5. The largest absolute Gasteiger partial charge is 0.434 e. The molecule has 1 amide bonds. The van der Waals surface area contributed by atoms with Crippen LogP contribution in [0.2, 0.25) is 0 Å². The minimum atomic E-state index is -4.57. The van der Waals surface area contributed by atoms with Crippen LogP contribution in [0.25, 0.3) is 17.2 Å². The van der Waals surface area contributed by atoms with E-state index in [0.29, 0.717) is 24.6 Å². The number of nitrogens with one attached hydrogen (secondary N) is 1. The zero-order valence-corrected chi connectivity index (χ0v) is 15.9. The SMILES string of the molecule is O=C1NCCC12CCCN(c1ccnc(-c3cnc4cnc(C(F)(F)F)cn34)n1)C2. The first-order chi connectivity index (χ1) is 14.4. The van der Waals surface area contributed by atoms with E-state index < -0.39 is 17.3 Å². The monoisotopic (exact) mass is 417 g/mol. The van der Waals surface area contributed by atoms with Gasteiger partial charge in [-0.3, -0.25) is 9.20 Å². The molecular formula is C19H18F3N7O. The number of amides is 1. The van der Waals surface area contributed by atoms with Crippen LogP contribution >= 0.6 is 0 Å². The molecule has 0 aliphatic carbocycles. The number of carbonyl (C=O) groups excluding carboxylic acids is 1. The first-order valence-electron chi connectivity index (χ1n) is 9.63. The Labute approximate surface area is 169 Å². The van der Waals surface area contributed by atoms with Crippen molar-refractivity contribution in [2.24, 2.45) is 5.41 Å². The van der Waals surface area contributed by atoms with Gasteiger partial charge in [0.15, 0.2) is 17.2 Å². The average molecular weight is 417 g/mol. The van der Waals surface area contributed by atoms with Crippen LogP contribution < -0.4 is 10.2 Å². The highest BCUT2D eigenvalue weighted by Gasteiger charge is 2.45. The van der Waals surface area contributed by atoms with Crippen LogP contribution in [0.1, 0.15) is 25.0 Å². The van der Waals surface area contributed by atoms with Crippen LogP contribution in [0, 0.1) is 5.41 Å². The molecule has 0 bridgehead atoms. The van der Waals surface area contributed by atoms with Crippen molar-refractivity contribution in [2.75, 3.05) is 24.5 Å². The van der Waals surface area contributed by atoms with Gasteiger partial charge in [-0.25, -0.2) is 19.9 Å². The van der Waals surface area contributed by atoms with Crippen molar-refractivity contribution >= 4 is 17.4 Å². The van der Waals surface area contributed by atoms with Gasteiger partial charge >= 0.3 is 6.18 Å². The minimum Gasteiger partial charge on any atom is -0.356 e. The maximum Gasteiger partial charge on any atom is 0.434 e. The molecule has 5 heterocycles. The Hall–Kier alpha value is -3.24. The lowest BCUT2D eigenvalue weighted by Gasteiger charge is -2.39. The Kier molecular flexibility index (Phi) is 4.16. The highest BCUT2D eigenvalue weighted by Crippen LogP contribution is 2.38. The van der Waals surface area contributed by atoms with Crippen molar-refractivity contribution in [3.63, 3.8) is 0 Å². The molecule has 3 aromatic rings. The second kappa shape index (κ2) is 6.64. The Morgan fingerprint density at radius 1 is 1.13 bits per heavy atom. The lowest BCUT2D eigenvalue weighted by atomic mass is 9.78. The quantitative estimate of drug-likeness (QED) is 0.689. The molecule has 1 unspecified atom stereocenters. The first kappa shape index (κ1) is 18.8. The highest BCUT2D eigenvalue weighted by molar-refractivity contribution is 5.85. The fourth-order valence-electron chi connectivity index (χ4n) is 4.28. The third-order valence-corrected chi connectivity index (χ3v) is 5.83. The summed E-state index contributed by atoms with van der Waals surface area (Å²) in [7, 11) is 0. The zero-order valence-electron chi connectivity index (χ0n) is 15.9. The van der Waals surface area contributed by atoms with E-state index in [1.165, 1.54) is 10.6 Å². The summed E-state index contributed by atoms with van der Waals surface area (Å²) in [5.41, 5.74) is -0.813. The van der Waals surface area contributed by atoms with Crippen LogP contribution in [0.3, 0.4) is 0 Å². The molecule has 2 aliphatic rings. The number of rotatable bonds is 2. The normalized spacial score (nSPS) is 22.1. The van der Waals surface area contributed by atoms with Crippen LogP contribution in [0.4, 0.5) is 19.0 Å². The number of carbonyl (C=O) groups is 1. The number of alkyl halides is 3. The van der Waals surface area contributed by atoms with E-state index in [9.17, 15) is 18.0 Å². The van der Waals surface area contributed by atoms with E-state index in [0.717, 1.165) is 38.2 Å². The average Bonchev–Trinajstić information content (AvgIpc) is 3.31. The van der Waals surface area contributed by atoms with E-state index in [2.05, 4.69) is 25.3 Å². The number of hydrogen-bond donors (Lipinski definition) is 1. The fraction of sp³-hybridized carbons (Fsp3) is 0.421. The van der Waals surface area contributed by atoms with E-state index >= 15 is 0 Å². The number of nitrogens with zero attached hydrogens (tertiary/aromatic N) is 6. The molecule has 0 radical (unpaired) electrons. The standard InChI is InChI=1S/C19H18F3N7O/c20-19(21,22)13-10-29-12(8-26-15(29)9-25-13)16-23-5-2-14(27-16)28-7-1-3-18(11-28)4-6-24-17(18)30/h2,5,8-10H,1,3-4,6-7,11H2,(H,24,30). The third kappa shape index (κ3) is 3.04. The smallest absolute Gasteiger partial charge is 0.356 e. The van der Waals surface area contributed by atoms with Crippen LogP contribution in [0.15, 0.2) is 30.9 Å². The summed E-state index contributed by atoms with van der Waals surface area (Å²) in [6, 6.07) is 1.75. The molecule has 2 fully saturated rings. The van der Waals surface area contributed by atoms with Gasteiger partial charge in [-0.1, -0.05) is 0 Å². The van der Waals surface area contributed by atoms with Gasteiger partial charge in [0, 0.05) is 32.0 Å². The molecule has 30 heavy (non-hydrogen) atoms. The van der Waals surface area contributed by atoms with Crippen molar-refractivity contribution in [1.29, 1.82) is 0 Å². The van der Waals surface area contributed by atoms with Crippen LogP contribution in [0.5, 0.6) is 0 Å². The molecule has 2 aliphatic heterocycles. The maximum atomic E-state index is 13.1. The first-order valence-corrected chi connectivity index (χ1v) is 9.63. The number of fused-ring (bicyclic) bond motifs is 1. The van der Waals surface area contributed by atoms with Gasteiger partial charge in [0.1, 0.15) is 11.5 Å². The van der Waals surface area contributed by atoms with Gasteiger partial charge < -0.3 is 10.2 Å². The summed E-state index contributed by atoms with van der Waals surface area (Å²) >= 11 is 0. The van der Waals surface area contributed by atoms with Crippen LogP contribution in [-0.4, -0.2) is 49.9 Å². The van der Waals surface area contributed by atoms with E-state index in [4.69, 9.17) is 0 Å². The third-order valence-electron chi connectivity index (χ3n) is 5.83. The molecule has 1 spiro atoms. The molecular weight excluding hydrogens is 399 g/mol. The zero-order chi connectivity index (χ0) is 20.9. The fourth-order valence-corrected chi connectivity index (χ4v) is 4.28. The van der Waals surface area contributed by atoms with Crippen molar-refractivity contribution in [1.82, 2.24) is 29.7 Å². The van der Waals surface area contributed by atoms with E-state index in [1.807, 2.05) is 4.90 Å². The highest BCUT2D eigenvalue weighted by atomic mass is 19.4. The molecule has 0 saturated carbocycles. The summed E-state index contributed by atoms with van der Waals surface area (Å²) in [5.74, 6) is 0.976. The molecule has 1 N–H and O–H groups in total. The second-order valence-electron chi connectivity index (χ2n) is 7.69. The Morgan fingerprint density at radius 2 is 2.00 bits per heavy atom. The van der Waals surface area contributed by atoms with Gasteiger partial charge in [-0.05, 0) is 25.3 Å². The maximum absolute atomic E-state index is 13.1. The second-order valence-corrected chi connectivity index (χ2v) is 7.69. The van der Waals surface area contributed by atoms with Gasteiger partial charge in [-0.2, -0.15) is 13.2 Å². The van der Waals surface area contributed by atoms with Crippen molar-refractivity contribution < 1.29 is 18.0 Å². The molecule has 3 aromatic heterocycles. The number of imidazole rings is 1. The summed E-state index contributed by atoms with van der Waals surface area (Å²) in [5, 5.41) is 2.92. The molecule has 0 aromatic carbocycles. The molecule has 1 atom stereocenters. The molecule has 8 nitrogen and oxygen atoms in total. The minimum absolute atomic E-state index is 0.0791. The van der Waals surface area contributed by atoms with E-state index in [-0.39, 0.29) is 17.4 Å². The van der Waals surface area contributed by atoms with Crippen molar-refractivity contribution in [3.05, 3.63) is 36.5 Å². The number of aromatic nitrogens is 5. The summed E-state index contributed by atoms with van der Waals surface area (Å²) in [6.07, 6.45) is 2.90. The number of anilines is 1. The molecule has 11 heteroatoms. The van der Waals surface area contributed by atoms with Gasteiger partial charge in [0.2, 0.25) is 5.91 Å². The topological polar surface area (TPSA) is 88.3 Å². The van der Waals surface area contributed by atoms with Crippen molar-refractivity contribution in [3.8, 4) is 11.5 Å². The van der Waals surface area contributed by atoms with Crippen LogP contribution in [-0.2, 0) is 11.0 Å². The number of piperidine rings is 1. The molecule has 2 saturated heterocycles. The van der Waals surface area contributed by atoms with Crippen molar-refractivity contribution in [2.45, 2.75) is 25.4 Å². The Bertz CT molecular complexity index is 1130.